The number of nitrogens with zero attached hydrogens (tertiary/aromatic N) is 3. The van der Waals surface area contributed by atoms with Gasteiger partial charge in [-0.2, -0.15) is 0 Å². The maximum absolute atomic E-state index is 15.4. The Labute approximate surface area is 305 Å². The molecule has 0 aliphatic carbocycles. The van der Waals surface area contributed by atoms with Gasteiger partial charge in [0.25, 0.3) is 0 Å². The molecule has 0 saturated heterocycles. The molecule has 0 unspecified atom stereocenters. The molecule has 0 spiro atoms. The number of benzene rings is 7. The molecule has 250 valence electrons. The molecule has 8 aromatic rings. The first kappa shape index (κ1) is 32.7. The van der Waals surface area contributed by atoms with E-state index in [2.05, 4.69) is 125 Å². The molecule has 1 heterocycles. The summed E-state index contributed by atoms with van der Waals surface area (Å²) in [5, 5.41) is 1.50. The first-order valence-corrected chi connectivity index (χ1v) is 19.0. The number of hydrogen-bond donors (Lipinski definition) is 0. The highest BCUT2D eigenvalue weighted by atomic mass is 31.2. The zero-order chi connectivity index (χ0) is 35.2. The van der Waals surface area contributed by atoms with Crippen LogP contribution in [0.3, 0.4) is 0 Å². The Morgan fingerprint density at radius 3 is 1.06 bits per heavy atom. The topological polar surface area (TPSA) is 36.4 Å². The van der Waals surface area contributed by atoms with E-state index in [4.69, 9.17) is 4.98 Å². The lowest BCUT2D eigenvalue weighted by Crippen LogP contribution is -2.27. The van der Waals surface area contributed by atoms with Crippen LogP contribution in [0, 0.1) is 0 Å². The van der Waals surface area contributed by atoms with E-state index in [1.54, 1.807) is 0 Å². The van der Waals surface area contributed by atoms with Crippen molar-refractivity contribution in [3.05, 3.63) is 218 Å². The quantitative estimate of drug-likeness (QED) is 0.134. The van der Waals surface area contributed by atoms with Gasteiger partial charge in [0.15, 0.2) is 7.14 Å². The van der Waals surface area contributed by atoms with Crippen molar-refractivity contribution in [3.63, 3.8) is 0 Å². The molecule has 52 heavy (non-hydrogen) atoms. The molecule has 0 aliphatic heterocycles. The van der Waals surface area contributed by atoms with Crippen LogP contribution in [-0.2, 0) is 4.57 Å². The van der Waals surface area contributed by atoms with Crippen molar-refractivity contribution in [2.24, 2.45) is 0 Å². The maximum Gasteiger partial charge on any atom is 0.188 e. The highest BCUT2D eigenvalue weighted by Crippen LogP contribution is 2.44. The molecule has 0 aliphatic rings. The van der Waals surface area contributed by atoms with Crippen LogP contribution in [-0.4, -0.2) is 4.98 Å². The molecule has 7 aromatic carbocycles. The van der Waals surface area contributed by atoms with E-state index in [1.165, 1.54) is 0 Å². The zero-order valence-corrected chi connectivity index (χ0v) is 29.4. The molecule has 0 atom stereocenters. The third-order valence-corrected chi connectivity index (χ3v) is 12.0. The second kappa shape index (κ2) is 14.8. The Morgan fingerprint density at radius 2 is 0.692 bits per heavy atom. The fraction of sp³-hybridized carbons (Fsp3) is 0. The molecule has 5 heteroatoms. The summed E-state index contributed by atoms with van der Waals surface area (Å²) in [5.74, 6) is 0. The predicted molar refractivity (Wildman–Crippen MR) is 218 cm³/mol. The van der Waals surface area contributed by atoms with Crippen molar-refractivity contribution in [1.29, 1.82) is 0 Å². The third kappa shape index (κ3) is 6.56. The van der Waals surface area contributed by atoms with Gasteiger partial charge < -0.3 is 14.4 Å². The van der Waals surface area contributed by atoms with E-state index in [0.717, 1.165) is 56.0 Å². The first-order chi connectivity index (χ1) is 25.7. The Kier molecular flexibility index (Phi) is 9.30. The molecule has 0 amide bonds. The van der Waals surface area contributed by atoms with Crippen LogP contribution in [0.4, 0.5) is 34.1 Å². The minimum atomic E-state index is -3.31. The maximum atomic E-state index is 15.4. The third-order valence-electron chi connectivity index (χ3n) is 9.07. The van der Waals surface area contributed by atoms with Gasteiger partial charge in [-0.1, -0.05) is 140 Å². The lowest BCUT2D eigenvalue weighted by atomic mass is 10.1. The number of rotatable bonds is 10. The van der Waals surface area contributed by atoms with Gasteiger partial charge in [-0.25, -0.2) is 4.98 Å². The van der Waals surface area contributed by atoms with E-state index < -0.39 is 7.14 Å². The molecule has 0 bridgehead atoms. The highest BCUT2D eigenvalue weighted by molar-refractivity contribution is 7.85. The lowest BCUT2D eigenvalue weighted by molar-refractivity contribution is 0.592. The lowest BCUT2D eigenvalue weighted by Gasteiger charge is -2.30. The minimum Gasteiger partial charge on any atom is -0.310 e. The number of pyridine rings is 1. The number of para-hydroxylation sites is 4. The van der Waals surface area contributed by atoms with E-state index in [9.17, 15) is 0 Å². The smallest absolute Gasteiger partial charge is 0.188 e. The molecular formula is C47H36N3OP. The highest BCUT2D eigenvalue weighted by Gasteiger charge is 2.31. The average molecular weight is 690 g/mol. The molecule has 0 saturated carbocycles. The van der Waals surface area contributed by atoms with Crippen LogP contribution in [0.5, 0.6) is 0 Å². The second-order valence-electron chi connectivity index (χ2n) is 12.4. The van der Waals surface area contributed by atoms with Crippen LogP contribution >= 0.6 is 7.14 Å². The van der Waals surface area contributed by atoms with Crippen LogP contribution in [0.25, 0.3) is 11.3 Å². The largest absolute Gasteiger partial charge is 0.310 e. The van der Waals surface area contributed by atoms with E-state index in [1.807, 2.05) is 103 Å². The van der Waals surface area contributed by atoms with Gasteiger partial charge in [-0.15, -0.1) is 0 Å². The normalized spacial score (nSPS) is 11.2. The van der Waals surface area contributed by atoms with Crippen LogP contribution in [0.15, 0.2) is 218 Å². The van der Waals surface area contributed by atoms with E-state index in [0.29, 0.717) is 5.44 Å². The molecule has 0 fully saturated rings. The van der Waals surface area contributed by atoms with Crippen molar-refractivity contribution in [3.8, 4) is 11.3 Å². The van der Waals surface area contributed by atoms with Crippen molar-refractivity contribution >= 4 is 57.3 Å². The van der Waals surface area contributed by atoms with Gasteiger partial charge in [0, 0.05) is 50.3 Å². The van der Waals surface area contributed by atoms with Crippen LogP contribution in [0.1, 0.15) is 0 Å². The van der Waals surface area contributed by atoms with E-state index in [-0.39, 0.29) is 0 Å². The summed E-state index contributed by atoms with van der Waals surface area (Å²) in [5.41, 5.74) is 8.21. The van der Waals surface area contributed by atoms with Crippen LogP contribution < -0.4 is 25.8 Å². The standard InChI is InChI=1S/C47H36N3OP/c51-52(44-28-15-5-16-29-44,45-30-17-6-18-31-45)47-33-19-32-46(48-47)37-34-42(49(38-20-7-1-8-21-38)39-22-9-2-10-23-39)36-43(35-37)50(40-24-11-3-12-25-40)41-26-13-4-14-27-41/h1-36H. The van der Waals surface area contributed by atoms with Gasteiger partial charge in [-0.3, -0.25) is 0 Å². The summed E-state index contributed by atoms with van der Waals surface area (Å²) in [6, 6.07) is 73.5. The fourth-order valence-electron chi connectivity index (χ4n) is 6.65. The van der Waals surface area contributed by atoms with Crippen molar-refractivity contribution < 1.29 is 4.57 Å². The summed E-state index contributed by atoms with van der Waals surface area (Å²) in [4.78, 5) is 9.79. The summed E-state index contributed by atoms with van der Waals surface area (Å²) in [6.07, 6.45) is 0. The number of hydrogen-bond acceptors (Lipinski definition) is 4. The molecule has 4 nitrogen and oxygen atoms in total. The van der Waals surface area contributed by atoms with E-state index >= 15 is 4.57 Å². The summed E-state index contributed by atoms with van der Waals surface area (Å²) >= 11 is 0. The van der Waals surface area contributed by atoms with Gasteiger partial charge in [0.05, 0.1) is 5.69 Å². The minimum absolute atomic E-state index is 0.542. The average Bonchev–Trinajstić information content (AvgIpc) is 3.23. The first-order valence-electron chi connectivity index (χ1n) is 17.3. The van der Waals surface area contributed by atoms with Gasteiger partial charge in [0.1, 0.15) is 5.44 Å². The Bertz CT molecular complexity index is 2200. The van der Waals surface area contributed by atoms with Gasteiger partial charge in [-0.05, 0) is 78.9 Å². The second-order valence-corrected chi connectivity index (χ2v) is 15.1. The van der Waals surface area contributed by atoms with Gasteiger partial charge >= 0.3 is 0 Å². The Hall–Kier alpha value is -6.48. The molecule has 1 aromatic heterocycles. The summed E-state index contributed by atoms with van der Waals surface area (Å²) in [7, 11) is -3.31. The van der Waals surface area contributed by atoms with Crippen molar-refractivity contribution in [2.45, 2.75) is 0 Å². The van der Waals surface area contributed by atoms with Crippen molar-refractivity contribution in [1.82, 2.24) is 4.98 Å². The Balaban J connectivity index is 1.38. The van der Waals surface area contributed by atoms with Gasteiger partial charge in [0.2, 0.25) is 0 Å². The summed E-state index contributed by atoms with van der Waals surface area (Å²) in [6.45, 7) is 0. The molecular weight excluding hydrogens is 654 g/mol. The molecule has 8 rings (SSSR count). The van der Waals surface area contributed by atoms with Crippen molar-refractivity contribution in [2.75, 3.05) is 9.80 Å². The van der Waals surface area contributed by atoms with Crippen LogP contribution in [0.2, 0.25) is 0 Å². The molecule has 0 radical (unpaired) electrons. The Morgan fingerprint density at radius 1 is 0.346 bits per heavy atom. The molecule has 0 N–H and O–H groups in total. The summed E-state index contributed by atoms with van der Waals surface area (Å²) < 4.78 is 15.4. The monoisotopic (exact) mass is 689 g/mol. The number of aromatic nitrogens is 1. The number of anilines is 6. The zero-order valence-electron chi connectivity index (χ0n) is 28.5. The fourth-order valence-corrected chi connectivity index (χ4v) is 9.21. The predicted octanol–water partition coefficient (Wildman–Crippen LogP) is 11.3. The SMILES string of the molecule is O=P(c1ccccc1)(c1ccccc1)c1cccc(-c2cc(N(c3ccccc3)c3ccccc3)cc(N(c3ccccc3)c3ccccc3)c2)n1.